The summed E-state index contributed by atoms with van der Waals surface area (Å²) in [5.41, 5.74) is -3.71. The highest BCUT2D eigenvalue weighted by atomic mass is 32.3. The van der Waals surface area contributed by atoms with Gasteiger partial charge >= 0.3 is 12.4 Å². The van der Waals surface area contributed by atoms with Crippen molar-refractivity contribution >= 4 is 54.1 Å². The van der Waals surface area contributed by atoms with E-state index >= 15 is 0 Å². The molecule has 0 saturated carbocycles. The Bertz CT molecular complexity index is 2760. The summed E-state index contributed by atoms with van der Waals surface area (Å²) in [5.74, 6) is 0.847. The molecule has 388 valence electrons. The van der Waals surface area contributed by atoms with Gasteiger partial charge in [-0.3, -0.25) is 0 Å². The van der Waals surface area contributed by atoms with Crippen molar-refractivity contribution in [1.29, 1.82) is 0 Å². The summed E-state index contributed by atoms with van der Waals surface area (Å²) in [7, 11) is -4.37. The van der Waals surface area contributed by atoms with E-state index in [4.69, 9.17) is 9.47 Å². The summed E-state index contributed by atoms with van der Waals surface area (Å²) in [4.78, 5) is 12.4. The molecule has 2 aliphatic heterocycles. The fourth-order valence-corrected chi connectivity index (χ4v) is 13.7. The molecular formula is C48H52F6N6O8S4. The van der Waals surface area contributed by atoms with Crippen LogP contribution < -0.4 is 19.3 Å². The van der Waals surface area contributed by atoms with E-state index in [9.17, 15) is 53.4 Å². The Balaban J connectivity index is 0.000000211. The summed E-state index contributed by atoms with van der Waals surface area (Å²) in [6.45, 7) is 2.84. The topological polar surface area (TPSA) is 166 Å². The number of aliphatic hydroxyl groups is 2. The van der Waals surface area contributed by atoms with Crippen molar-refractivity contribution in [2.75, 3.05) is 63.3 Å². The molecule has 6 heterocycles. The van der Waals surface area contributed by atoms with Crippen molar-refractivity contribution in [2.24, 2.45) is 0 Å². The van der Waals surface area contributed by atoms with Gasteiger partial charge in [-0.05, 0) is 97.1 Å². The Hall–Kier alpha value is -5.34. The zero-order valence-electron chi connectivity index (χ0n) is 39.3. The predicted octanol–water partition coefficient (Wildman–Crippen LogP) is 8.09. The number of nitrogens with zero attached hydrogens (tertiary/aromatic N) is 6. The molecule has 2 fully saturated rings. The first-order valence-corrected chi connectivity index (χ1v) is 26.9. The summed E-state index contributed by atoms with van der Waals surface area (Å²) in [6, 6.07) is 24.1. The molecule has 8 rings (SSSR count). The maximum Gasteiger partial charge on any atom is 0.421 e. The van der Waals surface area contributed by atoms with Crippen LogP contribution in [0.1, 0.15) is 36.1 Å². The van der Waals surface area contributed by atoms with Crippen molar-refractivity contribution in [1.82, 2.24) is 18.6 Å². The lowest BCUT2D eigenvalue weighted by Gasteiger charge is -2.42. The molecule has 24 heteroatoms. The standard InChI is InChI=1S/2C24H26F3N3O4S2/c2*1-23(31,24(25,26)27)18-7-9-19(10-8-18)30-13-12-29(36(32,33)21-6-4-14-35-21)16-20(30)15-17-5-3-11-28-22(17)34-2/h2*3-11,14,20,31H,12-13,15-16H2,1-2H3/t2*20-,23?/m10/s1. The van der Waals surface area contributed by atoms with Crippen LogP contribution in [0.4, 0.5) is 37.7 Å². The van der Waals surface area contributed by atoms with Gasteiger partial charge in [0.05, 0.1) is 14.2 Å². The number of aromatic nitrogens is 2. The second kappa shape index (κ2) is 21.6. The van der Waals surface area contributed by atoms with Gasteiger partial charge in [0.1, 0.15) is 8.42 Å². The molecule has 2 aromatic carbocycles. The lowest BCUT2D eigenvalue weighted by atomic mass is 9.94. The second-order valence-electron chi connectivity index (χ2n) is 17.3. The van der Waals surface area contributed by atoms with Crippen molar-refractivity contribution in [3.05, 3.63) is 142 Å². The van der Waals surface area contributed by atoms with Gasteiger partial charge in [0.2, 0.25) is 11.8 Å². The molecule has 0 bridgehead atoms. The van der Waals surface area contributed by atoms with Gasteiger partial charge in [0.25, 0.3) is 20.0 Å². The molecule has 4 aromatic heterocycles. The maximum atomic E-state index is 13.3. The third-order valence-corrected chi connectivity index (χ3v) is 19.2. The Kier molecular flexibility index (Phi) is 16.4. The number of hydrogen-bond donors (Lipinski definition) is 2. The smallest absolute Gasteiger partial charge is 0.421 e. The largest absolute Gasteiger partial charge is 0.481 e. The Morgan fingerprint density at radius 1 is 0.569 bits per heavy atom. The number of pyridine rings is 2. The van der Waals surface area contributed by atoms with E-state index in [1.807, 2.05) is 21.9 Å². The SMILES string of the molecule is COc1ncccc1C[C@@H]1CN(S(=O)(=O)c2cccs2)CCN1c1ccc(C(C)(O)C(F)(F)F)cc1.COc1ncccc1C[C@H]1CN(S(=O)(=O)c2cccs2)CCN1c1ccc(C(C)(O)C(F)(F)F)cc1. The molecule has 2 aliphatic rings. The number of thiophene rings is 2. The maximum absolute atomic E-state index is 13.3. The van der Waals surface area contributed by atoms with Crippen molar-refractivity contribution < 1.29 is 62.9 Å². The minimum absolute atomic E-state index is 0.167. The molecule has 14 nitrogen and oxygen atoms in total. The lowest BCUT2D eigenvalue weighted by Crippen LogP contribution is -2.55. The van der Waals surface area contributed by atoms with E-state index in [-0.39, 0.29) is 57.8 Å². The van der Waals surface area contributed by atoms with Gasteiger partial charge in [0, 0.05) is 86.2 Å². The molecule has 0 spiro atoms. The van der Waals surface area contributed by atoms with Gasteiger partial charge in [-0.25, -0.2) is 26.8 Å². The van der Waals surface area contributed by atoms with Crippen LogP contribution in [-0.4, -0.2) is 124 Å². The predicted molar refractivity (Wildman–Crippen MR) is 262 cm³/mol. The second-order valence-corrected chi connectivity index (χ2v) is 23.5. The summed E-state index contributed by atoms with van der Waals surface area (Å²) in [6.07, 6.45) is -5.66. The van der Waals surface area contributed by atoms with E-state index in [1.165, 1.54) is 71.4 Å². The van der Waals surface area contributed by atoms with E-state index in [0.717, 1.165) is 33.8 Å². The van der Waals surface area contributed by atoms with Gasteiger partial charge in [-0.2, -0.15) is 35.0 Å². The zero-order valence-corrected chi connectivity index (χ0v) is 42.6. The van der Waals surface area contributed by atoms with Gasteiger partial charge in [-0.15, -0.1) is 22.7 Å². The molecule has 2 N–H and O–H groups in total. The summed E-state index contributed by atoms with van der Waals surface area (Å²) in [5, 5.41) is 23.4. The fourth-order valence-electron chi connectivity index (χ4n) is 8.51. The van der Waals surface area contributed by atoms with Gasteiger partial charge in [-0.1, -0.05) is 48.5 Å². The monoisotopic (exact) mass is 1080 g/mol. The highest BCUT2D eigenvalue weighted by Gasteiger charge is 2.52. The molecule has 0 amide bonds. The van der Waals surface area contributed by atoms with Gasteiger partial charge in [0.15, 0.2) is 11.2 Å². The molecule has 6 aromatic rings. The highest BCUT2D eigenvalue weighted by molar-refractivity contribution is 7.91. The number of halogens is 6. The summed E-state index contributed by atoms with van der Waals surface area (Å²) < 4.78 is 147. The Morgan fingerprint density at radius 2 is 0.931 bits per heavy atom. The minimum Gasteiger partial charge on any atom is -0.481 e. The van der Waals surface area contributed by atoms with Crippen LogP contribution >= 0.6 is 22.7 Å². The normalized spacial score (nSPS) is 19.2. The first-order valence-electron chi connectivity index (χ1n) is 22.3. The number of piperazine rings is 2. The first kappa shape index (κ1) is 54.4. The van der Waals surface area contributed by atoms with Crippen LogP contribution in [0.3, 0.4) is 0 Å². The zero-order chi connectivity index (χ0) is 52.3. The number of alkyl halides is 6. The number of methoxy groups -OCH3 is 2. The molecule has 4 atom stereocenters. The quantitative estimate of drug-likeness (QED) is 0.101. The minimum atomic E-state index is -4.82. The van der Waals surface area contributed by atoms with Crippen LogP contribution in [0.15, 0.2) is 129 Å². The molecule has 0 aliphatic carbocycles. The number of benzene rings is 2. The average Bonchev–Trinajstić information content (AvgIpc) is 4.12. The van der Waals surface area contributed by atoms with Gasteiger partial charge < -0.3 is 29.5 Å². The van der Waals surface area contributed by atoms with E-state index in [2.05, 4.69) is 9.97 Å². The number of rotatable bonds is 14. The van der Waals surface area contributed by atoms with Crippen LogP contribution in [-0.2, 0) is 44.1 Å². The lowest BCUT2D eigenvalue weighted by molar-refractivity contribution is -0.259. The Labute approximate surface area is 421 Å². The van der Waals surface area contributed by atoms with E-state index < -0.39 is 43.6 Å². The molecule has 2 saturated heterocycles. The van der Waals surface area contributed by atoms with E-state index in [0.29, 0.717) is 62.9 Å². The average molecular weight is 1080 g/mol. The van der Waals surface area contributed by atoms with Crippen molar-refractivity contribution in [2.45, 2.75) is 70.7 Å². The third-order valence-electron chi connectivity index (χ3n) is 12.7. The Morgan fingerprint density at radius 3 is 1.24 bits per heavy atom. The number of ether oxygens (including phenoxy) is 2. The van der Waals surface area contributed by atoms with E-state index in [1.54, 1.807) is 59.6 Å². The van der Waals surface area contributed by atoms with Crippen LogP contribution in [0.25, 0.3) is 0 Å². The number of hydrogen-bond acceptors (Lipinski definition) is 14. The van der Waals surface area contributed by atoms with Crippen LogP contribution in [0, 0.1) is 0 Å². The first-order chi connectivity index (χ1) is 33.9. The molecule has 2 unspecified atom stereocenters. The molecule has 72 heavy (non-hydrogen) atoms. The molecule has 0 radical (unpaired) electrons. The fraction of sp³-hybridized carbons (Fsp3) is 0.375. The number of anilines is 2. The van der Waals surface area contributed by atoms with Crippen molar-refractivity contribution in [3.63, 3.8) is 0 Å². The van der Waals surface area contributed by atoms with Crippen LogP contribution in [0.5, 0.6) is 11.8 Å². The third kappa shape index (κ3) is 11.5. The molecular weight excluding hydrogens is 1030 g/mol. The van der Waals surface area contributed by atoms with Crippen molar-refractivity contribution in [3.8, 4) is 11.8 Å². The highest BCUT2D eigenvalue weighted by Crippen LogP contribution is 2.41. The van der Waals surface area contributed by atoms with Crippen LogP contribution in [0.2, 0.25) is 0 Å². The summed E-state index contributed by atoms with van der Waals surface area (Å²) >= 11 is 2.30. The number of sulfonamides is 2.